The Hall–Kier alpha value is -4.21. The highest BCUT2D eigenvalue weighted by atomic mass is 16.6. The highest BCUT2D eigenvalue weighted by molar-refractivity contribution is 5.80. The van der Waals surface area contributed by atoms with Crippen LogP contribution >= 0.6 is 0 Å². The number of nitrogens with one attached hydrogen (secondary N) is 3. The summed E-state index contributed by atoms with van der Waals surface area (Å²) < 4.78 is 5.33. The topological polar surface area (TPSA) is 131 Å². The maximum absolute atomic E-state index is 12.0. The molecule has 0 saturated carbocycles. The van der Waals surface area contributed by atoms with Gasteiger partial charge in [-0.3, -0.25) is 25.8 Å². The average Bonchev–Trinajstić information content (AvgIpc) is 2.70. The van der Waals surface area contributed by atoms with Crippen LogP contribution in [0.4, 0.5) is 23.0 Å². The molecule has 0 bridgehead atoms. The van der Waals surface area contributed by atoms with Crippen LogP contribution in [-0.4, -0.2) is 27.4 Å². The molecule has 0 aliphatic carbocycles. The van der Waals surface area contributed by atoms with Gasteiger partial charge in [0.1, 0.15) is 12.1 Å². The first kappa shape index (κ1) is 20.5. The Morgan fingerprint density at radius 1 is 1.07 bits per heavy atom. The number of nitro groups is 1. The van der Waals surface area contributed by atoms with Gasteiger partial charge in [0.15, 0.2) is 6.61 Å². The van der Waals surface area contributed by atoms with Gasteiger partial charge < -0.3 is 10.1 Å². The molecule has 0 aliphatic rings. The second-order valence-corrected chi connectivity index (χ2v) is 6.45. The summed E-state index contributed by atoms with van der Waals surface area (Å²) in [5.74, 6) is -0.164. The fourth-order valence-corrected chi connectivity index (χ4v) is 2.75. The van der Waals surface area contributed by atoms with Crippen molar-refractivity contribution in [3.8, 4) is 5.75 Å². The van der Waals surface area contributed by atoms with E-state index in [1.165, 1.54) is 0 Å². The Bertz CT molecular complexity index is 1040. The summed E-state index contributed by atoms with van der Waals surface area (Å²) in [7, 11) is 0. The smallest absolute Gasteiger partial charge is 0.355 e. The van der Waals surface area contributed by atoms with Crippen LogP contribution < -0.4 is 20.9 Å². The number of rotatable bonds is 8. The van der Waals surface area contributed by atoms with E-state index in [0.717, 1.165) is 17.5 Å². The van der Waals surface area contributed by atoms with Crippen LogP contribution in [0.2, 0.25) is 0 Å². The molecule has 0 fully saturated rings. The summed E-state index contributed by atoms with van der Waals surface area (Å²) in [5, 5.41) is 14.6. The van der Waals surface area contributed by atoms with E-state index in [2.05, 4.69) is 26.1 Å². The van der Waals surface area contributed by atoms with E-state index in [1.807, 2.05) is 38.1 Å². The fourth-order valence-electron chi connectivity index (χ4n) is 2.75. The van der Waals surface area contributed by atoms with Gasteiger partial charge in [-0.05, 0) is 49.2 Å². The molecule has 1 aromatic heterocycles. The van der Waals surface area contributed by atoms with Crippen LogP contribution in [0.1, 0.15) is 11.1 Å². The molecule has 3 aromatic rings. The second kappa shape index (κ2) is 9.32. The van der Waals surface area contributed by atoms with Gasteiger partial charge in [-0.15, -0.1) is 0 Å². The minimum Gasteiger partial charge on any atom is -0.484 e. The lowest BCUT2D eigenvalue weighted by Crippen LogP contribution is -2.34. The number of hydrazine groups is 1. The van der Waals surface area contributed by atoms with E-state index in [4.69, 9.17) is 4.74 Å². The predicted molar refractivity (Wildman–Crippen MR) is 112 cm³/mol. The molecular weight excluding hydrogens is 388 g/mol. The largest absolute Gasteiger partial charge is 0.484 e. The molecule has 2 aromatic carbocycles. The number of ether oxygens (including phenoxy) is 1. The van der Waals surface area contributed by atoms with Crippen LogP contribution in [0.25, 0.3) is 0 Å². The van der Waals surface area contributed by atoms with E-state index < -0.39 is 16.5 Å². The monoisotopic (exact) mass is 408 g/mol. The van der Waals surface area contributed by atoms with E-state index in [0.29, 0.717) is 11.4 Å². The molecule has 0 radical (unpaired) electrons. The molecule has 1 heterocycles. The molecular formula is C20H20N6O4. The van der Waals surface area contributed by atoms with E-state index in [-0.39, 0.29) is 18.2 Å². The Kier molecular flexibility index (Phi) is 6.38. The number of aromatic nitrogens is 2. The number of amides is 1. The van der Waals surface area contributed by atoms with E-state index in [9.17, 15) is 14.9 Å². The predicted octanol–water partition coefficient (Wildman–Crippen LogP) is 3.27. The molecule has 0 aliphatic heterocycles. The normalized spacial score (nSPS) is 10.2. The van der Waals surface area contributed by atoms with Crippen LogP contribution in [0.15, 0.2) is 54.9 Å². The minimum absolute atomic E-state index is 0.00251. The van der Waals surface area contributed by atoms with E-state index >= 15 is 0 Å². The molecule has 0 atom stereocenters. The van der Waals surface area contributed by atoms with Crippen molar-refractivity contribution in [1.29, 1.82) is 0 Å². The van der Waals surface area contributed by atoms with Crippen LogP contribution in [0.3, 0.4) is 0 Å². The van der Waals surface area contributed by atoms with Gasteiger partial charge in [-0.25, -0.2) is 9.97 Å². The third-order valence-electron chi connectivity index (χ3n) is 3.92. The summed E-state index contributed by atoms with van der Waals surface area (Å²) in [6, 6.07) is 14.5. The molecule has 3 rings (SSSR count). The lowest BCUT2D eigenvalue weighted by Gasteiger charge is -2.12. The fraction of sp³-hybridized carbons (Fsp3) is 0.150. The SMILES string of the molecule is Cc1cc(C)cc(Nc2ncnc(NNC(=O)COc3ccccc3)c2[N+](=O)[O-])c1. The first-order chi connectivity index (χ1) is 14.4. The number of anilines is 3. The summed E-state index contributed by atoms with van der Waals surface area (Å²) in [5.41, 5.74) is 7.05. The van der Waals surface area contributed by atoms with Gasteiger partial charge >= 0.3 is 5.69 Å². The first-order valence-electron chi connectivity index (χ1n) is 9.00. The third kappa shape index (κ3) is 5.41. The zero-order chi connectivity index (χ0) is 21.5. The highest BCUT2D eigenvalue weighted by Crippen LogP contribution is 2.31. The molecule has 154 valence electrons. The molecule has 10 nitrogen and oxygen atoms in total. The highest BCUT2D eigenvalue weighted by Gasteiger charge is 2.23. The molecule has 3 N–H and O–H groups in total. The first-order valence-corrected chi connectivity index (χ1v) is 9.00. The summed E-state index contributed by atoms with van der Waals surface area (Å²) >= 11 is 0. The van der Waals surface area contributed by atoms with Crippen molar-refractivity contribution in [2.24, 2.45) is 0 Å². The van der Waals surface area contributed by atoms with Crippen molar-refractivity contribution in [2.45, 2.75) is 13.8 Å². The quantitative estimate of drug-likeness (QED) is 0.382. The molecule has 0 spiro atoms. The van der Waals surface area contributed by atoms with Gasteiger partial charge in [0.05, 0.1) is 4.92 Å². The maximum atomic E-state index is 12.0. The zero-order valence-corrected chi connectivity index (χ0v) is 16.4. The van der Waals surface area contributed by atoms with Crippen LogP contribution in [-0.2, 0) is 4.79 Å². The number of nitrogens with zero attached hydrogens (tertiary/aromatic N) is 3. The van der Waals surface area contributed by atoms with E-state index in [1.54, 1.807) is 24.3 Å². The van der Waals surface area contributed by atoms with Crippen LogP contribution in [0, 0.1) is 24.0 Å². The Labute approximate surface area is 172 Å². The van der Waals surface area contributed by atoms with Gasteiger partial charge in [-0.1, -0.05) is 24.3 Å². The van der Waals surface area contributed by atoms with Crippen molar-refractivity contribution in [3.05, 3.63) is 76.1 Å². The number of benzene rings is 2. The molecule has 0 saturated heterocycles. The van der Waals surface area contributed by atoms with Crippen molar-refractivity contribution >= 4 is 28.9 Å². The Balaban J connectivity index is 1.71. The summed E-state index contributed by atoms with van der Waals surface area (Å²) in [6.45, 7) is 3.57. The van der Waals surface area contributed by atoms with Gasteiger partial charge in [0.2, 0.25) is 11.6 Å². The number of carbonyl (C=O) groups is 1. The minimum atomic E-state index is -0.625. The lowest BCUT2D eigenvalue weighted by molar-refractivity contribution is -0.383. The second-order valence-electron chi connectivity index (χ2n) is 6.45. The standard InChI is InChI=1S/C20H20N6O4/c1-13-8-14(2)10-15(9-13)23-19-18(26(28)29)20(22-12-21-19)25-24-17(27)11-30-16-6-4-3-5-7-16/h3-10,12H,11H2,1-2H3,(H,24,27)(H2,21,22,23,25). The van der Waals surface area contributed by atoms with Crippen molar-refractivity contribution in [3.63, 3.8) is 0 Å². The van der Waals surface area contributed by atoms with Gasteiger partial charge in [-0.2, -0.15) is 0 Å². The van der Waals surface area contributed by atoms with Crippen molar-refractivity contribution < 1.29 is 14.5 Å². The van der Waals surface area contributed by atoms with Crippen molar-refractivity contribution in [2.75, 3.05) is 17.3 Å². The van der Waals surface area contributed by atoms with Crippen LogP contribution in [0.5, 0.6) is 5.75 Å². The third-order valence-corrected chi connectivity index (χ3v) is 3.92. The Morgan fingerprint density at radius 3 is 2.40 bits per heavy atom. The number of para-hydroxylation sites is 1. The number of aryl methyl sites for hydroxylation is 2. The Morgan fingerprint density at radius 2 is 1.73 bits per heavy atom. The van der Waals surface area contributed by atoms with Crippen molar-refractivity contribution in [1.82, 2.24) is 15.4 Å². The zero-order valence-electron chi connectivity index (χ0n) is 16.4. The molecule has 10 heteroatoms. The molecule has 1 amide bonds. The summed E-state index contributed by atoms with van der Waals surface area (Å²) in [6.07, 6.45) is 1.16. The maximum Gasteiger partial charge on any atom is 0.355 e. The number of hydrogen-bond acceptors (Lipinski definition) is 8. The van der Waals surface area contributed by atoms with Gasteiger partial charge in [0.25, 0.3) is 5.91 Å². The van der Waals surface area contributed by atoms with Gasteiger partial charge in [0, 0.05) is 5.69 Å². The number of carbonyl (C=O) groups excluding carboxylic acids is 1. The molecule has 30 heavy (non-hydrogen) atoms. The molecule has 0 unspecified atom stereocenters. The average molecular weight is 408 g/mol. The summed E-state index contributed by atoms with van der Waals surface area (Å²) in [4.78, 5) is 30.8. The number of hydrogen-bond donors (Lipinski definition) is 3. The lowest BCUT2D eigenvalue weighted by atomic mass is 10.1.